The van der Waals surface area contributed by atoms with E-state index in [0.29, 0.717) is 19.8 Å². The summed E-state index contributed by atoms with van der Waals surface area (Å²) in [5.74, 6) is 1.33. The summed E-state index contributed by atoms with van der Waals surface area (Å²) in [4.78, 5) is 2.41. The van der Waals surface area contributed by atoms with Crippen molar-refractivity contribution >= 4 is 21.8 Å². The SMILES string of the molecule is O=S(=O)(Cc1ccccc1F)NCC1(N2CCSCC2)CCOCC1. The zero-order chi connectivity index (χ0) is 17.8. The molecule has 5 nitrogen and oxygen atoms in total. The molecule has 0 spiro atoms. The Kier molecular flexibility index (Phi) is 6.38. The second-order valence-electron chi connectivity index (χ2n) is 6.61. The molecule has 140 valence electrons. The Morgan fingerprint density at radius 2 is 1.88 bits per heavy atom. The van der Waals surface area contributed by atoms with Gasteiger partial charge in [0.25, 0.3) is 0 Å². The number of hydrogen-bond donors (Lipinski definition) is 1. The lowest BCUT2D eigenvalue weighted by Crippen LogP contribution is -2.60. The number of nitrogens with zero attached hydrogens (tertiary/aromatic N) is 1. The molecule has 2 heterocycles. The summed E-state index contributed by atoms with van der Waals surface area (Å²) in [6.07, 6.45) is 1.64. The van der Waals surface area contributed by atoms with Gasteiger partial charge in [0, 0.05) is 55.5 Å². The van der Waals surface area contributed by atoms with Crippen LogP contribution in [0, 0.1) is 5.82 Å². The van der Waals surface area contributed by atoms with Gasteiger partial charge in [0.15, 0.2) is 0 Å². The topological polar surface area (TPSA) is 58.6 Å². The Morgan fingerprint density at radius 3 is 2.56 bits per heavy atom. The summed E-state index contributed by atoms with van der Waals surface area (Å²) in [5.41, 5.74) is 0.00652. The van der Waals surface area contributed by atoms with Gasteiger partial charge in [0.2, 0.25) is 10.0 Å². The van der Waals surface area contributed by atoms with Crippen LogP contribution in [0.2, 0.25) is 0 Å². The predicted molar refractivity (Wildman–Crippen MR) is 98.7 cm³/mol. The molecule has 0 atom stereocenters. The maximum atomic E-state index is 13.8. The minimum absolute atomic E-state index is 0.193. The van der Waals surface area contributed by atoms with Gasteiger partial charge in [-0.1, -0.05) is 18.2 Å². The van der Waals surface area contributed by atoms with E-state index in [1.165, 1.54) is 12.1 Å². The Bertz CT molecular complexity index is 672. The number of nitrogens with one attached hydrogen (secondary N) is 1. The number of benzene rings is 1. The van der Waals surface area contributed by atoms with Crippen LogP contribution in [0.5, 0.6) is 0 Å². The maximum absolute atomic E-state index is 13.8. The number of hydrogen-bond acceptors (Lipinski definition) is 5. The summed E-state index contributed by atoms with van der Waals surface area (Å²) in [6.45, 7) is 3.61. The van der Waals surface area contributed by atoms with Crippen molar-refractivity contribution in [1.82, 2.24) is 9.62 Å². The maximum Gasteiger partial charge on any atom is 0.215 e. The first kappa shape index (κ1) is 19.1. The van der Waals surface area contributed by atoms with Gasteiger partial charge in [-0.25, -0.2) is 17.5 Å². The van der Waals surface area contributed by atoms with Crippen LogP contribution in [-0.2, 0) is 20.5 Å². The highest BCUT2D eigenvalue weighted by atomic mass is 32.2. The molecule has 2 aliphatic heterocycles. The van der Waals surface area contributed by atoms with Gasteiger partial charge in [-0.15, -0.1) is 0 Å². The van der Waals surface area contributed by atoms with Gasteiger partial charge >= 0.3 is 0 Å². The molecule has 0 bridgehead atoms. The molecule has 3 rings (SSSR count). The quantitative estimate of drug-likeness (QED) is 0.806. The molecule has 25 heavy (non-hydrogen) atoms. The fraction of sp³-hybridized carbons (Fsp3) is 0.647. The second kappa shape index (κ2) is 8.35. The van der Waals surface area contributed by atoms with Crippen LogP contribution in [0.3, 0.4) is 0 Å². The van der Waals surface area contributed by atoms with Crippen LogP contribution in [0.25, 0.3) is 0 Å². The molecule has 0 amide bonds. The molecular weight excluding hydrogens is 363 g/mol. The zero-order valence-electron chi connectivity index (χ0n) is 14.2. The molecule has 0 aromatic heterocycles. The number of sulfonamides is 1. The highest BCUT2D eigenvalue weighted by Crippen LogP contribution is 2.30. The van der Waals surface area contributed by atoms with E-state index < -0.39 is 15.8 Å². The van der Waals surface area contributed by atoms with E-state index in [4.69, 9.17) is 4.74 Å². The lowest BCUT2D eigenvalue weighted by atomic mass is 9.88. The summed E-state index contributed by atoms with van der Waals surface area (Å²) in [6, 6.07) is 6.01. The largest absolute Gasteiger partial charge is 0.381 e. The van der Waals surface area contributed by atoms with Crippen molar-refractivity contribution in [2.24, 2.45) is 0 Å². The standard InChI is InChI=1S/C17H25FN2O3S2/c18-16-4-2-1-3-15(16)13-25(21,22)19-14-17(5-9-23-10-6-17)20-7-11-24-12-8-20/h1-4,19H,5-14H2. The first-order valence-electron chi connectivity index (χ1n) is 8.62. The van der Waals surface area contributed by atoms with E-state index in [9.17, 15) is 12.8 Å². The second-order valence-corrected chi connectivity index (χ2v) is 9.64. The highest BCUT2D eigenvalue weighted by Gasteiger charge is 2.39. The highest BCUT2D eigenvalue weighted by molar-refractivity contribution is 7.99. The fourth-order valence-corrected chi connectivity index (χ4v) is 5.65. The number of halogens is 1. The number of ether oxygens (including phenoxy) is 1. The molecule has 2 fully saturated rings. The summed E-state index contributed by atoms with van der Waals surface area (Å²) in [7, 11) is -3.60. The van der Waals surface area contributed by atoms with E-state index in [1.807, 2.05) is 11.8 Å². The number of rotatable bonds is 6. The minimum atomic E-state index is -3.60. The summed E-state index contributed by atoms with van der Waals surface area (Å²) in [5, 5.41) is 0. The third kappa shape index (κ3) is 4.95. The monoisotopic (exact) mass is 388 g/mol. The third-order valence-corrected chi connectivity index (χ3v) is 7.25. The molecule has 0 saturated carbocycles. The van der Waals surface area contributed by atoms with Crippen molar-refractivity contribution in [1.29, 1.82) is 0 Å². The Hall–Kier alpha value is -0.670. The van der Waals surface area contributed by atoms with Gasteiger partial charge in [0.1, 0.15) is 5.82 Å². The van der Waals surface area contributed by atoms with Gasteiger partial charge < -0.3 is 4.74 Å². The molecule has 0 unspecified atom stereocenters. The van der Waals surface area contributed by atoms with Crippen molar-refractivity contribution in [2.45, 2.75) is 24.1 Å². The minimum Gasteiger partial charge on any atom is -0.381 e. The van der Waals surface area contributed by atoms with Gasteiger partial charge in [-0.3, -0.25) is 4.90 Å². The molecule has 2 saturated heterocycles. The average molecular weight is 389 g/mol. The van der Waals surface area contributed by atoms with Crippen LogP contribution in [0.1, 0.15) is 18.4 Å². The molecule has 1 aromatic rings. The summed E-state index contributed by atoms with van der Waals surface area (Å²) >= 11 is 1.94. The van der Waals surface area contributed by atoms with Gasteiger partial charge in [-0.05, 0) is 18.9 Å². The van der Waals surface area contributed by atoms with Crippen molar-refractivity contribution in [3.8, 4) is 0 Å². The van der Waals surface area contributed by atoms with E-state index in [-0.39, 0.29) is 16.9 Å². The van der Waals surface area contributed by atoms with E-state index in [1.54, 1.807) is 12.1 Å². The molecule has 1 aromatic carbocycles. The van der Waals surface area contributed by atoms with Crippen LogP contribution >= 0.6 is 11.8 Å². The molecule has 0 aliphatic carbocycles. The normalized spacial score (nSPS) is 22.0. The molecule has 1 N–H and O–H groups in total. The first-order valence-corrected chi connectivity index (χ1v) is 11.4. The van der Waals surface area contributed by atoms with E-state index in [2.05, 4.69) is 9.62 Å². The van der Waals surface area contributed by atoms with E-state index in [0.717, 1.165) is 37.4 Å². The molecule has 0 radical (unpaired) electrons. The molecule has 8 heteroatoms. The Balaban J connectivity index is 1.68. The Morgan fingerprint density at radius 1 is 1.20 bits per heavy atom. The molecular formula is C17H25FN2O3S2. The van der Waals surface area contributed by atoms with Crippen LogP contribution in [0.15, 0.2) is 24.3 Å². The lowest BCUT2D eigenvalue weighted by molar-refractivity contribution is -0.0218. The molecule has 2 aliphatic rings. The van der Waals surface area contributed by atoms with Gasteiger partial charge in [0.05, 0.1) is 5.75 Å². The summed E-state index contributed by atoms with van der Waals surface area (Å²) < 4.78 is 47.0. The number of thioether (sulfide) groups is 1. The van der Waals surface area contributed by atoms with E-state index >= 15 is 0 Å². The third-order valence-electron chi connectivity index (χ3n) is 5.03. The predicted octanol–water partition coefficient (Wildman–Crippen LogP) is 1.84. The van der Waals surface area contributed by atoms with Crippen LogP contribution < -0.4 is 4.72 Å². The smallest absolute Gasteiger partial charge is 0.215 e. The van der Waals surface area contributed by atoms with Crippen molar-refractivity contribution in [2.75, 3.05) is 44.4 Å². The zero-order valence-corrected chi connectivity index (χ0v) is 15.9. The average Bonchev–Trinajstić information content (AvgIpc) is 2.64. The van der Waals surface area contributed by atoms with Crippen molar-refractivity contribution < 1.29 is 17.5 Å². The van der Waals surface area contributed by atoms with Crippen LogP contribution in [0.4, 0.5) is 4.39 Å². The van der Waals surface area contributed by atoms with Gasteiger partial charge in [-0.2, -0.15) is 11.8 Å². The fourth-order valence-electron chi connectivity index (χ4n) is 3.51. The first-order chi connectivity index (χ1) is 12.0. The van der Waals surface area contributed by atoms with Crippen LogP contribution in [-0.4, -0.2) is 63.2 Å². The van der Waals surface area contributed by atoms with Crippen molar-refractivity contribution in [3.63, 3.8) is 0 Å². The Labute approximate surface area is 153 Å². The van der Waals surface area contributed by atoms with Crippen molar-refractivity contribution in [3.05, 3.63) is 35.6 Å². The lowest BCUT2D eigenvalue weighted by Gasteiger charge is -2.48.